The lowest BCUT2D eigenvalue weighted by molar-refractivity contribution is -0.132. The van der Waals surface area contributed by atoms with Crippen LogP contribution in [0.25, 0.3) is 6.08 Å². The monoisotopic (exact) mass is 614 g/mol. The summed E-state index contributed by atoms with van der Waals surface area (Å²) in [6, 6.07) is 7.81. The number of nitrogens with one attached hydrogen (secondary N) is 1. The van der Waals surface area contributed by atoms with Gasteiger partial charge >= 0.3 is 5.97 Å². The number of esters is 1. The summed E-state index contributed by atoms with van der Waals surface area (Å²) >= 11 is 1.34. The van der Waals surface area contributed by atoms with Crippen molar-refractivity contribution in [1.82, 2.24) is 10.3 Å². The van der Waals surface area contributed by atoms with Gasteiger partial charge in [0.1, 0.15) is 5.01 Å². The Balaban J connectivity index is 1.71. The van der Waals surface area contributed by atoms with Gasteiger partial charge in [-0.2, -0.15) is 0 Å². The Morgan fingerprint density at radius 3 is 2.59 bits per heavy atom. The number of ketones is 1. The number of carbonyl (C=O) groups is 4. The summed E-state index contributed by atoms with van der Waals surface area (Å²) in [6.45, 7) is 4.75. The van der Waals surface area contributed by atoms with Crippen molar-refractivity contribution in [1.29, 1.82) is 0 Å². The molecule has 3 unspecified atom stereocenters. The van der Waals surface area contributed by atoms with Crippen LogP contribution < -0.4 is 5.32 Å². The van der Waals surface area contributed by atoms with E-state index in [1.807, 2.05) is 0 Å². The van der Waals surface area contributed by atoms with E-state index >= 15 is 0 Å². The van der Waals surface area contributed by atoms with Crippen LogP contribution in [0, 0.1) is 0 Å². The van der Waals surface area contributed by atoms with Gasteiger partial charge in [0, 0.05) is 22.0 Å². The summed E-state index contributed by atoms with van der Waals surface area (Å²) in [5.74, 6) is -1.65. The lowest BCUT2D eigenvalue weighted by atomic mass is 9.81. The Hall–Kier alpha value is -3.03. The van der Waals surface area contributed by atoms with E-state index in [9.17, 15) is 28.8 Å². The standard InChI is InChI=1S/C29H30N2O7S3/c1-18-13-14-29(28(3,36)27(35)40-41(29)37)16-24(33)30-19(2)25-31-21(17-39-25)11-7-8-12-22(32)23(15-18)38-26(34)20-9-5-4-6-10-20/h4-12,15,17,19,23,36H,13-14,16H2,1-3H3,(H,30,33)/b11-7-,12-8+,18-15+/t19?,23?,28-,29+,41?/m0/s1. The Morgan fingerprint density at radius 2 is 1.90 bits per heavy atom. The number of fused-ring (bicyclic) bond motifs is 2. The van der Waals surface area contributed by atoms with Crippen molar-refractivity contribution in [2.24, 2.45) is 0 Å². The van der Waals surface area contributed by atoms with Crippen LogP contribution in [0.2, 0.25) is 0 Å². The third-order valence-corrected chi connectivity index (χ3v) is 12.0. The normalized spacial score (nSPS) is 32.4. The minimum Gasteiger partial charge on any atom is -0.604 e. The highest BCUT2D eigenvalue weighted by Crippen LogP contribution is 2.53. The van der Waals surface area contributed by atoms with Crippen LogP contribution in [-0.2, 0) is 29.3 Å². The van der Waals surface area contributed by atoms with Gasteiger partial charge in [0.25, 0.3) is 5.12 Å². The van der Waals surface area contributed by atoms with Gasteiger partial charge in [0.15, 0.2) is 33.0 Å². The molecule has 3 heterocycles. The van der Waals surface area contributed by atoms with E-state index in [1.165, 1.54) is 36.5 Å². The van der Waals surface area contributed by atoms with E-state index < -0.39 is 55.5 Å². The molecule has 1 aromatic heterocycles. The van der Waals surface area contributed by atoms with Gasteiger partial charge in [0.2, 0.25) is 5.91 Å². The summed E-state index contributed by atoms with van der Waals surface area (Å²) in [5.41, 5.74) is -0.554. The number of aromatic nitrogens is 1. The van der Waals surface area contributed by atoms with Gasteiger partial charge < -0.3 is 19.7 Å². The van der Waals surface area contributed by atoms with Crippen LogP contribution in [0.4, 0.5) is 0 Å². The van der Waals surface area contributed by atoms with Gasteiger partial charge in [-0.1, -0.05) is 35.9 Å². The highest BCUT2D eigenvalue weighted by Gasteiger charge is 2.69. The summed E-state index contributed by atoms with van der Waals surface area (Å²) in [4.78, 5) is 56.3. The number of carbonyl (C=O) groups excluding carboxylic acids is 4. The zero-order valence-corrected chi connectivity index (χ0v) is 25.1. The molecule has 5 atom stereocenters. The first-order chi connectivity index (χ1) is 19.4. The average molecular weight is 615 g/mol. The van der Waals surface area contributed by atoms with E-state index in [2.05, 4.69) is 10.3 Å². The topological polar surface area (TPSA) is 146 Å². The molecular formula is C29H30N2O7S3. The van der Waals surface area contributed by atoms with Crippen molar-refractivity contribution in [2.45, 2.75) is 62.5 Å². The highest BCUT2D eigenvalue weighted by molar-refractivity contribution is 8.79. The average Bonchev–Trinajstić information content (AvgIpc) is 3.47. The van der Waals surface area contributed by atoms with Crippen LogP contribution in [0.1, 0.15) is 67.1 Å². The second-order valence-corrected chi connectivity index (χ2v) is 14.2. The Kier molecular flexibility index (Phi) is 9.70. The predicted octanol–water partition coefficient (Wildman–Crippen LogP) is 4.24. The maximum Gasteiger partial charge on any atom is 0.339 e. The molecule has 1 spiro atoms. The van der Waals surface area contributed by atoms with E-state index in [0.29, 0.717) is 27.1 Å². The number of benzene rings is 1. The molecule has 1 amide bonds. The number of ether oxygens (including phenoxy) is 1. The van der Waals surface area contributed by atoms with Crippen molar-refractivity contribution in [3.8, 4) is 0 Å². The first-order valence-corrected chi connectivity index (χ1v) is 16.2. The van der Waals surface area contributed by atoms with Crippen LogP contribution in [-0.4, -0.2) is 53.9 Å². The van der Waals surface area contributed by atoms with Crippen LogP contribution in [0.5, 0.6) is 0 Å². The number of hydrogen-bond acceptors (Lipinski definition) is 10. The quantitative estimate of drug-likeness (QED) is 0.220. The fraction of sp³-hybridized carbons (Fsp3) is 0.345. The lowest BCUT2D eigenvalue weighted by Gasteiger charge is -2.35. The number of aliphatic hydroxyl groups is 1. The Morgan fingerprint density at radius 1 is 1.20 bits per heavy atom. The molecule has 2 aliphatic heterocycles. The molecule has 9 nitrogen and oxygen atoms in total. The lowest BCUT2D eigenvalue weighted by Crippen LogP contribution is -2.56. The van der Waals surface area contributed by atoms with Crippen molar-refractivity contribution in [2.75, 3.05) is 0 Å². The number of nitrogens with zero attached hydrogens (tertiary/aromatic N) is 1. The summed E-state index contributed by atoms with van der Waals surface area (Å²) in [6.07, 6.45) is 6.21. The maximum atomic E-state index is 13.3. The second kappa shape index (κ2) is 12.9. The third kappa shape index (κ3) is 6.90. The molecule has 12 heteroatoms. The molecule has 2 aliphatic rings. The molecule has 2 aromatic rings. The molecule has 0 radical (unpaired) electrons. The number of hydrogen-bond donors (Lipinski definition) is 2. The van der Waals surface area contributed by atoms with Crippen molar-refractivity contribution >= 4 is 61.2 Å². The Labute approximate surface area is 248 Å². The van der Waals surface area contributed by atoms with Crippen molar-refractivity contribution in [3.63, 3.8) is 0 Å². The molecule has 1 aromatic carbocycles. The SMILES string of the molecule is C/C1=C\C(OC(=O)c2ccccc2)C(=O)/C=C/C=C\c2csc(n2)C(C)NC(=O)C[C@@]2(CC1)[S+]([O-])SC(=O)[C@]2(C)O. The largest absolute Gasteiger partial charge is 0.604 e. The van der Waals surface area contributed by atoms with Gasteiger partial charge in [-0.3, -0.25) is 14.4 Å². The number of thiazole rings is 1. The molecule has 0 saturated carbocycles. The van der Waals surface area contributed by atoms with E-state index in [4.69, 9.17) is 4.74 Å². The van der Waals surface area contributed by atoms with Crippen LogP contribution in [0.3, 0.4) is 0 Å². The predicted molar refractivity (Wildman–Crippen MR) is 159 cm³/mol. The van der Waals surface area contributed by atoms with Gasteiger partial charge in [-0.05, 0) is 57.6 Å². The van der Waals surface area contributed by atoms with Crippen molar-refractivity contribution in [3.05, 3.63) is 81.9 Å². The molecule has 2 N–H and O–H groups in total. The zero-order valence-electron chi connectivity index (χ0n) is 22.7. The fourth-order valence-electron chi connectivity index (χ4n) is 4.49. The van der Waals surface area contributed by atoms with E-state index in [-0.39, 0.29) is 24.8 Å². The van der Waals surface area contributed by atoms with Crippen LogP contribution >= 0.6 is 22.1 Å². The molecule has 41 heavy (non-hydrogen) atoms. The van der Waals surface area contributed by atoms with Gasteiger partial charge in [-0.15, -0.1) is 11.3 Å². The zero-order chi connectivity index (χ0) is 29.8. The highest BCUT2D eigenvalue weighted by atomic mass is 33.1. The van der Waals surface area contributed by atoms with E-state index in [1.54, 1.807) is 61.7 Å². The van der Waals surface area contributed by atoms with Gasteiger partial charge in [-0.25, -0.2) is 9.78 Å². The molecule has 1 fully saturated rings. The Bertz CT molecular complexity index is 1420. The van der Waals surface area contributed by atoms with Crippen molar-refractivity contribution < 1.29 is 33.6 Å². The molecule has 216 valence electrons. The second-order valence-electron chi connectivity index (χ2n) is 10.1. The molecule has 0 aliphatic carbocycles. The number of allylic oxidation sites excluding steroid dienone is 3. The first kappa shape index (κ1) is 30.9. The smallest absolute Gasteiger partial charge is 0.339 e. The van der Waals surface area contributed by atoms with E-state index in [0.717, 1.165) is 0 Å². The number of amides is 1. The summed E-state index contributed by atoms with van der Waals surface area (Å²) < 4.78 is 17.3. The third-order valence-electron chi connectivity index (χ3n) is 7.01. The maximum absolute atomic E-state index is 13.3. The molecule has 1 saturated heterocycles. The minimum atomic E-state index is -2.04. The first-order valence-electron chi connectivity index (χ1n) is 12.9. The number of rotatable bonds is 2. The fourth-order valence-corrected chi connectivity index (χ4v) is 9.23. The van der Waals surface area contributed by atoms with Crippen LogP contribution in [0.15, 0.2) is 65.6 Å². The summed E-state index contributed by atoms with van der Waals surface area (Å²) in [5, 5.41) is 15.8. The minimum absolute atomic E-state index is 0.00298. The summed E-state index contributed by atoms with van der Waals surface area (Å²) in [7, 11) is -1.40. The molecular weight excluding hydrogens is 585 g/mol. The van der Waals surface area contributed by atoms with Gasteiger partial charge in [0.05, 0.1) is 23.7 Å². The molecule has 2 bridgehead atoms. The molecule has 4 rings (SSSR count).